The molecule has 1 aliphatic heterocycles. The summed E-state index contributed by atoms with van der Waals surface area (Å²) in [4.78, 5) is 16.7. The van der Waals surface area contributed by atoms with Gasteiger partial charge >= 0.3 is 0 Å². The van der Waals surface area contributed by atoms with E-state index in [1.165, 1.54) is 0 Å². The molecule has 1 fully saturated rings. The highest BCUT2D eigenvalue weighted by molar-refractivity contribution is 7.13. The molecule has 1 aromatic heterocycles. The third-order valence-electron chi connectivity index (χ3n) is 4.03. The highest BCUT2D eigenvalue weighted by Crippen LogP contribution is 2.25. The zero-order chi connectivity index (χ0) is 16.1. The molecule has 1 saturated heterocycles. The maximum atomic E-state index is 12.1. The number of benzene rings is 1. The van der Waals surface area contributed by atoms with Crippen molar-refractivity contribution >= 4 is 41.3 Å². The quantitative estimate of drug-likeness (QED) is 0.827. The minimum absolute atomic E-state index is 0. The Morgan fingerprint density at radius 1 is 1.29 bits per heavy atom. The minimum Gasteiger partial charge on any atom is -0.355 e. The van der Waals surface area contributed by atoms with Crippen molar-refractivity contribution < 1.29 is 4.79 Å². The Morgan fingerprint density at radius 2 is 2.00 bits per heavy atom. The maximum absolute atomic E-state index is 12.1. The molecule has 1 aliphatic rings. The van der Waals surface area contributed by atoms with Crippen LogP contribution in [0.4, 0.5) is 0 Å². The van der Waals surface area contributed by atoms with E-state index in [1.807, 2.05) is 24.3 Å². The summed E-state index contributed by atoms with van der Waals surface area (Å²) >= 11 is 7.53. The van der Waals surface area contributed by atoms with Gasteiger partial charge in [0.05, 0.1) is 5.69 Å². The lowest BCUT2D eigenvalue weighted by Gasteiger charge is -2.21. The molecule has 0 bridgehead atoms. The van der Waals surface area contributed by atoms with Crippen LogP contribution < -0.4 is 10.6 Å². The first-order valence-corrected chi connectivity index (χ1v) is 9.17. The standard InChI is InChI=1S/C17H20ClN3OS.ClH/c18-14-3-1-13(2-4-14)17-21-15(11-23-17)7-10-20-16(22)12-5-8-19-9-6-12;/h1-4,11-12,19H,5-10H2,(H,20,22);1H. The van der Waals surface area contributed by atoms with Crippen LogP contribution in [-0.2, 0) is 11.2 Å². The van der Waals surface area contributed by atoms with Crippen LogP contribution in [0.5, 0.6) is 0 Å². The van der Waals surface area contributed by atoms with Gasteiger partial charge in [0.1, 0.15) is 5.01 Å². The second-order valence-electron chi connectivity index (χ2n) is 5.72. The van der Waals surface area contributed by atoms with Crippen LogP contribution in [-0.4, -0.2) is 30.5 Å². The van der Waals surface area contributed by atoms with Gasteiger partial charge in [0.15, 0.2) is 0 Å². The molecule has 24 heavy (non-hydrogen) atoms. The molecule has 0 radical (unpaired) electrons. The van der Waals surface area contributed by atoms with Crippen molar-refractivity contribution in [1.82, 2.24) is 15.6 Å². The Balaban J connectivity index is 0.00000208. The van der Waals surface area contributed by atoms with E-state index in [-0.39, 0.29) is 24.2 Å². The highest BCUT2D eigenvalue weighted by atomic mass is 35.5. The van der Waals surface area contributed by atoms with Crippen LogP contribution in [0.3, 0.4) is 0 Å². The summed E-state index contributed by atoms with van der Waals surface area (Å²) in [6, 6.07) is 7.70. The molecule has 1 amide bonds. The average molecular weight is 386 g/mol. The second kappa shape index (κ2) is 9.37. The number of hydrogen-bond acceptors (Lipinski definition) is 4. The Bertz CT molecular complexity index is 654. The summed E-state index contributed by atoms with van der Waals surface area (Å²) in [6.45, 7) is 2.52. The molecule has 1 aromatic carbocycles. The van der Waals surface area contributed by atoms with E-state index in [4.69, 9.17) is 11.6 Å². The molecular formula is C17H21Cl2N3OS. The van der Waals surface area contributed by atoms with E-state index >= 15 is 0 Å². The summed E-state index contributed by atoms with van der Waals surface area (Å²) < 4.78 is 0. The summed E-state index contributed by atoms with van der Waals surface area (Å²) in [7, 11) is 0. The van der Waals surface area contributed by atoms with Crippen molar-refractivity contribution in [3.05, 3.63) is 40.4 Å². The Hall–Kier alpha value is -1.14. The number of nitrogens with one attached hydrogen (secondary N) is 2. The Morgan fingerprint density at radius 3 is 2.71 bits per heavy atom. The van der Waals surface area contributed by atoms with Gasteiger partial charge in [0, 0.05) is 34.8 Å². The number of thiazole rings is 1. The van der Waals surface area contributed by atoms with Crippen molar-refractivity contribution in [2.24, 2.45) is 5.92 Å². The smallest absolute Gasteiger partial charge is 0.223 e. The van der Waals surface area contributed by atoms with Crippen molar-refractivity contribution in [3.8, 4) is 10.6 Å². The molecule has 0 atom stereocenters. The largest absolute Gasteiger partial charge is 0.355 e. The van der Waals surface area contributed by atoms with Gasteiger partial charge in [-0.25, -0.2) is 4.98 Å². The Kier molecular flexibility index (Phi) is 7.49. The number of carbonyl (C=O) groups excluding carboxylic acids is 1. The fourth-order valence-corrected chi connectivity index (χ4v) is 3.68. The van der Waals surface area contributed by atoms with E-state index in [0.29, 0.717) is 6.54 Å². The molecule has 2 N–H and O–H groups in total. The number of rotatable bonds is 5. The van der Waals surface area contributed by atoms with E-state index in [0.717, 1.165) is 53.6 Å². The molecular weight excluding hydrogens is 365 g/mol. The molecule has 3 rings (SSSR count). The number of carbonyl (C=O) groups is 1. The molecule has 2 heterocycles. The predicted molar refractivity (Wildman–Crippen MR) is 102 cm³/mol. The van der Waals surface area contributed by atoms with Crippen molar-refractivity contribution in [2.75, 3.05) is 19.6 Å². The number of piperidine rings is 1. The topological polar surface area (TPSA) is 54.0 Å². The monoisotopic (exact) mass is 385 g/mol. The number of amides is 1. The lowest BCUT2D eigenvalue weighted by atomic mass is 9.97. The fourth-order valence-electron chi connectivity index (χ4n) is 2.69. The third kappa shape index (κ3) is 5.18. The van der Waals surface area contributed by atoms with Crippen LogP contribution in [0, 0.1) is 5.92 Å². The Labute approximate surface area is 157 Å². The molecule has 4 nitrogen and oxygen atoms in total. The average Bonchev–Trinajstić information content (AvgIpc) is 3.05. The molecule has 130 valence electrons. The van der Waals surface area contributed by atoms with Gasteiger partial charge < -0.3 is 10.6 Å². The first-order valence-electron chi connectivity index (χ1n) is 7.91. The normalized spacial score (nSPS) is 14.9. The van der Waals surface area contributed by atoms with Gasteiger partial charge in [-0.1, -0.05) is 23.7 Å². The van der Waals surface area contributed by atoms with Gasteiger partial charge in [-0.3, -0.25) is 4.79 Å². The van der Waals surface area contributed by atoms with Crippen LogP contribution >= 0.6 is 35.3 Å². The van der Waals surface area contributed by atoms with Crippen molar-refractivity contribution in [1.29, 1.82) is 0 Å². The second-order valence-corrected chi connectivity index (χ2v) is 7.01. The van der Waals surface area contributed by atoms with Crippen molar-refractivity contribution in [3.63, 3.8) is 0 Å². The SMILES string of the molecule is Cl.O=C(NCCc1csc(-c2ccc(Cl)cc2)n1)C1CCNCC1. The molecule has 7 heteroatoms. The van der Waals surface area contributed by atoms with Gasteiger partial charge in [-0.15, -0.1) is 23.7 Å². The zero-order valence-electron chi connectivity index (χ0n) is 13.3. The molecule has 0 saturated carbocycles. The van der Waals surface area contributed by atoms with Gasteiger partial charge in [-0.2, -0.15) is 0 Å². The van der Waals surface area contributed by atoms with Crippen LogP contribution in [0.1, 0.15) is 18.5 Å². The first-order chi connectivity index (χ1) is 11.2. The lowest BCUT2D eigenvalue weighted by Crippen LogP contribution is -2.38. The zero-order valence-corrected chi connectivity index (χ0v) is 15.6. The lowest BCUT2D eigenvalue weighted by molar-refractivity contribution is -0.125. The molecule has 0 aliphatic carbocycles. The van der Waals surface area contributed by atoms with E-state index in [9.17, 15) is 4.79 Å². The summed E-state index contributed by atoms with van der Waals surface area (Å²) in [5, 5.41) is 10.1. The van der Waals surface area contributed by atoms with Gasteiger partial charge in [0.2, 0.25) is 5.91 Å². The number of nitrogens with zero attached hydrogens (tertiary/aromatic N) is 1. The van der Waals surface area contributed by atoms with Gasteiger partial charge in [-0.05, 0) is 38.1 Å². The van der Waals surface area contributed by atoms with Crippen LogP contribution in [0.25, 0.3) is 10.6 Å². The summed E-state index contributed by atoms with van der Waals surface area (Å²) in [6.07, 6.45) is 2.63. The molecule has 0 unspecified atom stereocenters. The highest BCUT2D eigenvalue weighted by Gasteiger charge is 2.20. The van der Waals surface area contributed by atoms with Gasteiger partial charge in [0.25, 0.3) is 0 Å². The molecule has 0 spiro atoms. The maximum Gasteiger partial charge on any atom is 0.223 e. The predicted octanol–water partition coefficient (Wildman–Crippen LogP) is 3.54. The van der Waals surface area contributed by atoms with E-state index in [1.54, 1.807) is 11.3 Å². The number of aromatic nitrogens is 1. The van der Waals surface area contributed by atoms with E-state index in [2.05, 4.69) is 21.0 Å². The number of halogens is 2. The first kappa shape index (κ1) is 19.2. The van der Waals surface area contributed by atoms with Crippen LogP contribution in [0.2, 0.25) is 5.02 Å². The van der Waals surface area contributed by atoms with Crippen LogP contribution in [0.15, 0.2) is 29.6 Å². The molecule has 2 aromatic rings. The fraction of sp³-hybridized carbons (Fsp3) is 0.412. The minimum atomic E-state index is 0. The summed E-state index contributed by atoms with van der Waals surface area (Å²) in [5.41, 5.74) is 2.09. The third-order valence-corrected chi connectivity index (χ3v) is 5.23. The summed E-state index contributed by atoms with van der Waals surface area (Å²) in [5.74, 6) is 0.343. The number of hydrogen-bond donors (Lipinski definition) is 2. The van der Waals surface area contributed by atoms with E-state index < -0.39 is 0 Å². The van der Waals surface area contributed by atoms with Crippen molar-refractivity contribution in [2.45, 2.75) is 19.3 Å².